The van der Waals surface area contributed by atoms with Crippen molar-refractivity contribution in [2.75, 3.05) is 11.9 Å². The van der Waals surface area contributed by atoms with Gasteiger partial charge in [-0.15, -0.1) is 6.58 Å². The van der Waals surface area contributed by atoms with E-state index in [-0.39, 0.29) is 5.63 Å². The maximum atomic E-state index is 11.5. The molecule has 0 bridgehead atoms. The first-order valence-corrected chi connectivity index (χ1v) is 4.69. The number of hydrogen-bond acceptors (Lipinski definition) is 3. The maximum absolute atomic E-state index is 11.5. The van der Waals surface area contributed by atoms with E-state index >= 15 is 0 Å². The number of benzene rings is 1. The van der Waals surface area contributed by atoms with E-state index in [1.807, 2.05) is 18.2 Å². The number of hydrogen-bond donors (Lipinski definition) is 1. The van der Waals surface area contributed by atoms with Crippen molar-refractivity contribution in [1.29, 1.82) is 0 Å². The second-order valence-corrected chi connectivity index (χ2v) is 3.15. The average Bonchev–Trinajstić information content (AvgIpc) is 2.26. The molecule has 0 saturated carbocycles. The van der Waals surface area contributed by atoms with Crippen molar-refractivity contribution in [3.63, 3.8) is 0 Å². The van der Waals surface area contributed by atoms with Gasteiger partial charge >= 0.3 is 5.63 Å². The predicted octanol–water partition coefficient (Wildman–Crippen LogP) is 2.39. The Labute approximate surface area is 87.0 Å². The minimum atomic E-state index is -0.351. The summed E-state index contributed by atoms with van der Waals surface area (Å²) in [4.78, 5) is 11.5. The Morgan fingerprint density at radius 3 is 3.00 bits per heavy atom. The Bertz CT molecular complexity index is 543. The standard InChI is InChI=1S/C12H11NO2/c1-2-7-13-10-8-9-5-3-4-6-11(9)15-12(10)14/h2-6,8,13H,1,7H2. The minimum Gasteiger partial charge on any atom is -0.421 e. The van der Waals surface area contributed by atoms with Gasteiger partial charge < -0.3 is 9.73 Å². The molecule has 0 aliphatic heterocycles. The van der Waals surface area contributed by atoms with Gasteiger partial charge in [0.1, 0.15) is 11.3 Å². The lowest BCUT2D eigenvalue weighted by Gasteiger charge is -2.02. The lowest BCUT2D eigenvalue weighted by atomic mass is 10.2. The third-order valence-corrected chi connectivity index (χ3v) is 2.08. The summed E-state index contributed by atoms with van der Waals surface area (Å²) in [5.74, 6) is 0. The molecule has 2 rings (SSSR count). The largest absolute Gasteiger partial charge is 0.421 e. The van der Waals surface area contributed by atoms with E-state index in [9.17, 15) is 4.79 Å². The number of rotatable bonds is 3. The van der Waals surface area contributed by atoms with E-state index in [2.05, 4.69) is 11.9 Å². The number of anilines is 1. The fourth-order valence-electron chi connectivity index (χ4n) is 1.37. The molecular formula is C12H11NO2. The van der Waals surface area contributed by atoms with Crippen LogP contribution in [0.4, 0.5) is 5.69 Å². The van der Waals surface area contributed by atoms with E-state index in [1.54, 1.807) is 18.2 Å². The third-order valence-electron chi connectivity index (χ3n) is 2.08. The number of nitrogens with one attached hydrogen (secondary N) is 1. The molecule has 0 saturated heterocycles. The van der Waals surface area contributed by atoms with E-state index in [0.717, 1.165) is 5.39 Å². The van der Waals surface area contributed by atoms with E-state index < -0.39 is 0 Å². The summed E-state index contributed by atoms with van der Waals surface area (Å²) in [5, 5.41) is 3.84. The Kier molecular flexibility index (Phi) is 2.54. The molecule has 1 N–H and O–H groups in total. The second-order valence-electron chi connectivity index (χ2n) is 3.15. The lowest BCUT2D eigenvalue weighted by Crippen LogP contribution is -2.09. The Hall–Kier alpha value is -2.03. The predicted molar refractivity (Wildman–Crippen MR) is 61.2 cm³/mol. The molecule has 76 valence electrons. The second kappa shape index (κ2) is 4.00. The number of para-hydroxylation sites is 1. The molecule has 1 aromatic carbocycles. The summed E-state index contributed by atoms with van der Waals surface area (Å²) < 4.78 is 5.14. The zero-order valence-electron chi connectivity index (χ0n) is 8.19. The molecule has 0 radical (unpaired) electrons. The van der Waals surface area contributed by atoms with Crippen LogP contribution in [0.15, 0.2) is 52.2 Å². The van der Waals surface area contributed by atoms with Crippen LogP contribution in [0.3, 0.4) is 0 Å². The van der Waals surface area contributed by atoms with Crippen LogP contribution >= 0.6 is 0 Å². The SMILES string of the molecule is C=CCNc1cc2ccccc2oc1=O. The molecule has 1 aromatic heterocycles. The van der Waals surface area contributed by atoms with Gasteiger partial charge in [-0.2, -0.15) is 0 Å². The molecule has 15 heavy (non-hydrogen) atoms. The number of fused-ring (bicyclic) bond motifs is 1. The highest BCUT2D eigenvalue weighted by Crippen LogP contribution is 2.14. The molecule has 0 aliphatic carbocycles. The lowest BCUT2D eigenvalue weighted by molar-refractivity contribution is 0.563. The van der Waals surface area contributed by atoms with Gasteiger partial charge in [-0.25, -0.2) is 4.79 Å². The molecule has 0 unspecified atom stereocenters. The summed E-state index contributed by atoms with van der Waals surface area (Å²) in [6.07, 6.45) is 1.69. The molecule has 0 amide bonds. The topological polar surface area (TPSA) is 42.2 Å². The average molecular weight is 201 g/mol. The van der Waals surface area contributed by atoms with Crippen LogP contribution in [0.5, 0.6) is 0 Å². The van der Waals surface area contributed by atoms with Gasteiger partial charge in [0.25, 0.3) is 0 Å². The van der Waals surface area contributed by atoms with Gasteiger partial charge in [0.05, 0.1) is 0 Å². The summed E-state index contributed by atoms with van der Waals surface area (Å²) in [6, 6.07) is 9.19. The monoisotopic (exact) mass is 201 g/mol. The van der Waals surface area contributed by atoms with Crippen LogP contribution in [0.1, 0.15) is 0 Å². The fourth-order valence-corrected chi connectivity index (χ4v) is 1.37. The Balaban J connectivity index is 2.52. The van der Waals surface area contributed by atoms with Crippen LogP contribution in [0.2, 0.25) is 0 Å². The molecule has 1 heterocycles. The van der Waals surface area contributed by atoms with Gasteiger partial charge in [-0.1, -0.05) is 24.3 Å². The van der Waals surface area contributed by atoms with Crippen LogP contribution in [-0.4, -0.2) is 6.54 Å². The molecule has 2 aromatic rings. The van der Waals surface area contributed by atoms with Crippen molar-refractivity contribution in [2.45, 2.75) is 0 Å². The highest BCUT2D eigenvalue weighted by molar-refractivity contribution is 5.79. The maximum Gasteiger partial charge on any atom is 0.359 e. The van der Waals surface area contributed by atoms with Crippen molar-refractivity contribution < 1.29 is 4.42 Å². The van der Waals surface area contributed by atoms with E-state index in [0.29, 0.717) is 17.8 Å². The first-order chi connectivity index (χ1) is 7.31. The first kappa shape index (κ1) is 9.52. The molecule has 0 atom stereocenters. The highest BCUT2D eigenvalue weighted by Gasteiger charge is 2.02. The van der Waals surface area contributed by atoms with Gasteiger partial charge in [0, 0.05) is 11.9 Å². The van der Waals surface area contributed by atoms with Gasteiger partial charge in [-0.3, -0.25) is 0 Å². The first-order valence-electron chi connectivity index (χ1n) is 4.69. The van der Waals surface area contributed by atoms with Gasteiger partial charge in [0.15, 0.2) is 0 Å². The Morgan fingerprint density at radius 2 is 2.20 bits per heavy atom. The van der Waals surface area contributed by atoms with Crippen molar-refractivity contribution >= 4 is 16.7 Å². The zero-order chi connectivity index (χ0) is 10.7. The quantitative estimate of drug-likeness (QED) is 0.612. The fraction of sp³-hybridized carbons (Fsp3) is 0.0833. The third kappa shape index (κ3) is 1.91. The summed E-state index contributed by atoms with van der Waals surface area (Å²) in [7, 11) is 0. The normalized spacial score (nSPS) is 10.1. The molecular weight excluding hydrogens is 190 g/mol. The molecule has 3 nitrogen and oxygen atoms in total. The van der Waals surface area contributed by atoms with E-state index in [1.165, 1.54) is 0 Å². The van der Waals surface area contributed by atoms with Crippen molar-refractivity contribution in [3.8, 4) is 0 Å². The van der Waals surface area contributed by atoms with Crippen molar-refractivity contribution in [3.05, 3.63) is 53.4 Å². The van der Waals surface area contributed by atoms with Crippen molar-refractivity contribution in [1.82, 2.24) is 0 Å². The van der Waals surface area contributed by atoms with Gasteiger partial charge in [-0.05, 0) is 12.1 Å². The molecule has 0 fully saturated rings. The minimum absolute atomic E-state index is 0.351. The molecule has 0 aliphatic rings. The molecule has 3 heteroatoms. The summed E-state index contributed by atoms with van der Waals surface area (Å²) in [5.41, 5.74) is 0.718. The highest BCUT2D eigenvalue weighted by atomic mass is 16.4. The molecule has 0 spiro atoms. The van der Waals surface area contributed by atoms with Crippen LogP contribution in [0, 0.1) is 0 Å². The van der Waals surface area contributed by atoms with Crippen LogP contribution < -0.4 is 10.9 Å². The van der Waals surface area contributed by atoms with Crippen LogP contribution in [-0.2, 0) is 0 Å². The van der Waals surface area contributed by atoms with Crippen molar-refractivity contribution in [2.24, 2.45) is 0 Å². The Morgan fingerprint density at radius 1 is 1.40 bits per heavy atom. The zero-order valence-corrected chi connectivity index (χ0v) is 8.19. The smallest absolute Gasteiger partial charge is 0.359 e. The summed E-state index contributed by atoms with van der Waals surface area (Å²) >= 11 is 0. The summed E-state index contributed by atoms with van der Waals surface area (Å²) in [6.45, 7) is 4.12. The van der Waals surface area contributed by atoms with Crippen LogP contribution in [0.25, 0.3) is 11.0 Å². The van der Waals surface area contributed by atoms with E-state index in [4.69, 9.17) is 4.42 Å². The van der Waals surface area contributed by atoms with Gasteiger partial charge in [0.2, 0.25) is 0 Å².